The zero-order chi connectivity index (χ0) is 14.1. The van der Waals surface area contributed by atoms with Gasteiger partial charge in [-0.15, -0.1) is 0 Å². The fourth-order valence-corrected chi connectivity index (χ4v) is 3.45. The summed E-state index contributed by atoms with van der Waals surface area (Å²) in [7, 11) is 0. The van der Waals surface area contributed by atoms with Crippen molar-refractivity contribution < 1.29 is 14.7 Å². The molecule has 0 aromatic heterocycles. The van der Waals surface area contributed by atoms with E-state index in [1.54, 1.807) is 0 Å². The lowest BCUT2D eigenvalue weighted by Gasteiger charge is -2.43. The van der Waals surface area contributed by atoms with Crippen molar-refractivity contribution in [2.75, 3.05) is 39.3 Å². The Labute approximate surface area is 119 Å². The van der Waals surface area contributed by atoms with Gasteiger partial charge in [0.2, 0.25) is 5.91 Å². The van der Waals surface area contributed by atoms with E-state index in [1.807, 2.05) is 4.90 Å². The molecule has 20 heavy (non-hydrogen) atoms. The van der Waals surface area contributed by atoms with E-state index in [0.29, 0.717) is 19.5 Å². The van der Waals surface area contributed by atoms with Crippen molar-refractivity contribution >= 4 is 12.0 Å². The number of likely N-dealkylation sites (tertiary alicyclic amines) is 1. The summed E-state index contributed by atoms with van der Waals surface area (Å²) in [5, 5.41) is 8.95. The molecule has 1 atom stereocenters. The van der Waals surface area contributed by atoms with Crippen LogP contribution in [0, 0.1) is 5.92 Å². The summed E-state index contributed by atoms with van der Waals surface area (Å²) < 4.78 is 0. The summed E-state index contributed by atoms with van der Waals surface area (Å²) in [6.45, 7) is 4.43. The molecule has 3 aliphatic rings. The van der Waals surface area contributed by atoms with Crippen LogP contribution in [0.25, 0.3) is 0 Å². The van der Waals surface area contributed by atoms with Crippen molar-refractivity contribution in [1.29, 1.82) is 0 Å². The van der Waals surface area contributed by atoms with Gasteiger partial charge in [0.25, 0.3) is 0 Å². The standard InChI is InChI=1S/C14H23N3O3/c18-13(11-4-5-17(10-11)14(19)20)16-8-6-15(7-9-16)12-2-1-3-12/h11-12H,1-10H2,(H,19,20)/t11-/m0/s1. The second kappa shape index (κ2) is 5.60. The molecular weight excluding hydrogens is 258 g/mol. The average molecular weight is 281 g/mol. The maximum absolute atomic E-state index is 12.4. The predicted molar refractivity (Wildman–Crippen MR) is 73.5 cm³/mol. The first-order valence-electron chi connectivity index (χ1n) is 7.66. The Morgan fingerprint density at radius 3 is 2.10 bits per heavy atom. The second-order valence-corrected chi connectivity index (χ2v) is 6.16. The molecule has 2 amide bonds. The molecule has 6 heteroatoms. The molecule has 2 heterocycles. The fraction of sp³-hybridized carbons (Fsp3) is 0.857. The lowest BCUT2D eigenvalue weighted by atomic mass is 9.91. The highest BCUT2D eigenvalue weighted by Gasteiger charge is 2.35. The summed E-state index contributed by atoms with van der Waals surface area (Å²) >= 11 is 0. The lowest BCUT2D eigenvalue weighted by Crippen LogP contribution is -2.54. The van der Waals surface area contributed by atoms with Gasteiger partial charge in [0.15, 0.2) is 0 Å². The van der Waals surface area contributed by atoms with E-state index < -0.39 is 6.09 Å². The first-order chi connectivity index (χ1) is 9.65. The Kier molecular flexibility index (Phi) is 3.83. The van der Waals surface area contributed by atoms with Crippen LogP contribution in [0.5, 0.6) is 0 Å². The number of carbonyl (C=O) groups excluding carboxylic acids is 1. The molecule has 112 valence electrons. The Balaban J connectivity index is 1.48. The van der Waals surface area contributed by atoms with Crippen LogP contribution in [0.2, 0.25) is 0 Å². The van der Waals surface area contributed by atoms with Crippen molar-refractivity contribution in [3.63, 3.8) is 0 Å². The molecule has 3 rings (SSSR count). The van der Waals surface area contributed by atoms with Crippen LogP contribution < -0.4 is 0 Å². The molecule has 1 aliphatic carbocycles. The highest BCUT2D eigenvalue weighted by Crippen LogP contribution is 2.26. The molecule has 0 aromatic rings. The minimum atomic E-state index is -0.907. The van der Waals surface area contributed by atoms with Gasteiger partial charge in [0.1, 0.15) is 0 Å². The molecular formula is C14H23N3O3. The van der Waals surface area contributed by atoms with Gasteiger partial charge < -0.3 is 14.9 Å². The molecule has 0 bridgehead atoms. The Morgan fingerprint density at radius 1 is 0.900 bits per heavy atom. The molecule has 1 saturated carbocycles. The van der Waals surface area contributed by atoms with Gasteiger partial charge in [-0.05, 0) is 19.3 Å². The minimum Gasteiger partial charge on any atom is -0.465 e. The molecule has 0 aromatic carbocycles. The van der Waals surface area contributed by atoms with Gasteiger partial charge in [-0.1, -0.05) is 6.42 Å². The first-order valence-corrected chi connectivity index (χ1v) is 7.66. The van der Waals surface area contributed by atoms with Crippen LogP contribution in [-0.2, 0) is 4.79 Å². The molecule has 2 aliphatic heterocycles. The number of carbonyl (C=O) groups is 2. The minimum absolute atomic E-state index is 0.124. The van der Waals surface area contributed by atoms with Crippen LogP contribution in [0.4, 0.5) is 4.79 Å². The van der Waals surface area contributed by atoms with E-state index in [4.69, 9.17) is 5.11 Å². The van der Waals surface area contributed by atoms with Crippen molar-refractivity contribution in [2.24, 2.45) is 5.92 Å². The summed E-state index contributed by atoms with van der Waals surface area (Å²) in [5.41, 5.74) is 0. The summed E-state index contributed by atoms with van der Waals surface area (Å²) in [4.78, 5) is 29.1. The normalized spacial score (nSPS) is 28.5. The van der Waals surface area contributed by atoms with Crippen LogP contribution >= 0.6 is 0 Å². The first kappa shape index (κ1) is 13.7. The van der Waals surface area contributed by atoms with Crippen LogP contribution in [0.1, 0.15) is 25.7 Å². The van der Waals surface area contributed by atoms with Gasteiger partial charge in [0.05, 0.1) is 5.92 Å². The number of piperazine rings is 1. The predicted octanol–water partition coefficient (Wildman–Crippen LogP) is 0.683. The summed E-state index contributed by atoms with van der Waals surface area (Å²) in [6.07, 6.45) is 3.73. The SMILES string of the molecule is O=C(O)N1CC[C@H](C(=O)N2CCN(C3CCC3)CC2)C1. The number of rotatable bonds is 2. The zero-order valence-corrected chi connectivity index (χ0v) is 11.8. The van der Waals surface area contributed by atoms with Gasteiger partial charge in [-0.3, -0.25) is 9.69 Å². The molecule has 3 fully saturated rings. The smallest absolute Gasteiger partial charge is 0.407 e. The largest absolute Gasteiger partial charge is 0.465 e. The Morgan fingerprint density at radius 2 is 1.60 bits per heavy atom. The third kappa shape index (κ3) is 2.61. The van der Waals surface area contributed by atoms with Gasteiger partial charge in [-0.2, -0.15) is 0 Å². The maximum Gasteiger partial charge on any atom is 0.407 e. The zero-order valence-electron chi connectivity index (χ0n) is 11.8. The van der Waals surface area contributed by atoms with Gasteiger partial charge in [0, 0.05) is 45.3 Å². The van der Waals surface area contributed by atoms with E-state index in [0.717, 1.165) is 32.2 Å². The van der Waals surface area contributed by atoms with Crippen molar-refractivity contribution in [2.45, 2.75) is 31.7 Å². The average Bonchev–Trinajstić information content (AvgIpc) is 2.86. The molecule has 0 spiro atoms. The molecule has 2 saturated heterocycles. The van der Waals surface area contributed by atoms with E-state index in [9.17, 15) is 9.59 Å². The van der Waals surface area contributed by atoms with E-state index in [2.05, 4.69) is 4.90 Å². The van der Waals surface area contributed by atoms with Crippen LogP contribution in [0.3, 0.4) is 0 Å². The highest BCUT2D eigenvalue weighted by atomic mass is 16.4. The van der Waals surface area contributed by atoms with E-state index in [-0.39, 0.29) is 11.8 Å². The third-order valence-electron chi connectivity index (χ3n) is 5.03. The summed E-state index contributed by atoms with van der Waals surface area (Å²) in [6, 6.07) is 0.751. The number of nitrogens with zero attached hydrogens (tertiary/aromatic N) is 3. The number of hydrogen-bond acceptors (Lipinski definition) is 3. The number of amides is 2. The Bertz CT molecular complexity index is 389. The topological polar surface area (TPSA) is 64.1 Å². The molecule has 0 unspecified atom stereocenters. The van der Waals surface area contributed by atoms with Crippen LogP contribution in [0.15, 0.2) is 0 Å². The fourth-order valence-electron chi connectivity index (χ4n) is 3.45. The molecule has 0 radical (unpaired) electrons. The second-order valence-electron chi connectivity index (χ2n) is 6.16. The monoisotopic (exact) mass is 281 g/mol. The number of hydrogen-bond donors (Lipinski definition) is 1. The summed E-state index contributed by atoms with van der Waals surface area (Å²) in [5.74, 6) is 0.0309. The van der Waals surface area contributed by atoms with Crippen molar-refractivity contribution in [1.82, 2.24) is 14.7 Å². The van der Waals surface area contributed by atoms with Crippen LogP contribution in [-0.4, -0.2) is 77.1 Å². The van der Waals surface area contributed by atoms with Crippen molar-refractivity contribution in [3.05, 3.63) is 0 Å². The maximum atomic E-state index is 12.4. The third-order valence-corrected chi connectivity index (χ3v) is 5.03. The highest BCUT2D eigenvalue weighted by molar-refractivity contribution is 5.80. The quantitative estimate of drug-likeness (QED) is 0.808. The van der Waals surface area contributed by atoms with Gasteiger partial charge >= 0.3 is 6.09 Å². The van der Waals surface area contributed by atoms with E-state index in [1.165, 1.54) is 24.2 Å². The lowest BCUT2D eigenvalue weighted by molar-refractivity contribution is -0.137. The van der Waals surface area contributed by atoms with Gasteiger partial charge in [-0.25, -0.2) is 4.79 Å². The molecule has 6 nitrogen and oxygen atoms in total. The van der Waals surface area contributed by atoms with Crippen molar-refractivity contribution in [3.8, 4) is 0 Å². The van der Waals surface area contributed by atoms with E-state index >= 15 is 0 Å². The Hall–Kier alpha value is -1.30. The molecule has 1 N–H and O–H groups in total. The number of carboxylic acid groups (broad SMARTS) is 1.